The van der Waals surface area contributed by atoms with E-state index in [0.29, 0.717) is 33.4 Å². The molecule has 94 heavy (non-hydrogen) atoms. The van der Waals surface area contributed by atoms with Crippen LogP contribution >= 0.6 is 0 Å². The molecule has 0 radical (unpaired) electrons. The topological polar surface area (TPSA) is 108 Å². The lowest BCUT2D eigenvalue weighted by Gasteiger charge is -2.21. The van der Waals surface area contributed by atoms with Crippen molar-refractivity contribution < 1.29 is 13.2 Å². The molecule has 15 aromatic rings. The van der Waals surface area contributed by atoms with Crippen molar-refractivity contribution >= 4 is 54.9 Å². The van der Waals surface area contributed by atoms with Gasteiger partial charge in [-0.2, -0.15) is 23.7 Å². The van der Waals surface area contributed by atoms with Gasteiger partial charge in [-0.15, -0.1) is 0 Å². The van der Waals surface area contributed by atoms with Crippen LogP contribution in [0.3, 0.4) is 0 Å². The fraction of sp³-hybridized carbons (Fsp3) is 0.0361. The van der Waals surface area contributed by atoms with Gasteiger partial charge in [0, 0.05) is 91.0 Å². The van der Waals surface area contributed by atoms with E-state index < -0.39 is 11.7 Å². The molecule has 0 atom stereocenters. The second-order valence-corrected chi connectivity index (χ2v) is 23.4. The van der Waals surface area contributed by atoms with E-state index in [1.54, 1.807) is 12.1 Å². The molecule has 10 aromatic carbocycles. The third kappa shape index (κ3) is 10.1. The standard InChI is InChI=1S/C83H51F3N8/c84-83(85,86)71-23-13-22-60(46-87)82(71)65-44-80(93-76-36-28-56(61-24-32-72(89-48-61)52-14-5-1-6-15-52)40-66(76)67-41-57(29-37-77(67)93)62-25-33-73(90-49-62)53-16-7-2-8-17-53)70(47-88)81(45-65)94-78-38-30-58(63-26-34-74(91-50-63)54-18-9-3-10-19-54)42-68(78)69-43-59(31-39-79(69)94)64-27-35-75(92-51-64)55-20-11-4-12-21-55/h1-26,28-34,36-45,48-51H,27,35H2. The minimum Gasteiger partial charge on any atom is -0.308 e. The molecule has 0 saturated heterocycles. The van der Waals surface area contributed by atoms with Gasteiger partial charge < -0.3 is 9.13 Å². The first-order valence-electron chi connectivity index (χ1n) is 30.9. The Hall–Kier alpha value is -12.6. The van der Waals surface area contributed by atoms with E-state index in [4.69, 9.17) is 19.9 Å². The predicted molar refractivity (Wildman–Crippen MR) is 371 cm³/mol. The minimum absolute atomic E-state index is 0.0955. The summed E-state index contributed by atoms with van der Waals surface area (Å²) in [5, 5.41) is 26.2. The Balaban J connectivity index is 0.947. The first kappa shape index (κ1) is 56.6. The van der Waals surface area contributed by atoms with Crippen molar-refractivity contribution in [2.24, 2.45) is 4.99 Å². The normalized spacial score (nSPS) is 12.4. The van der Waals surface area contributed by atoms with E-state index in [2.05, 4.69) is 60.7 Å². The molecule has 5 aromatic heterocycles. The number of halogens is 3. The van der Waals surface area contributed by atoms with Crippen LogP contribution in [-0.4, -0.2) is 29.8 Å². The molecule has 8 nitrogen and oxygen atoms in total. The summed E-state index contributed by atoms with van der Waals surface area (Å²) in [6.07, 6.45) is 4.14. The van der Waals surface area contributed by atoms with Crippen molar-refractivity contribution in [3.05, 3.63) is 313 Å². The third-order valence-corrected chi connectivity index (χ3v) is 18.0. The second-order valence-electron chi connectivity index (χ2n) is 23.4. The van der Waals surface area contributed by atoms with Crippen LogP contribution in [0, 0.1) is 22.7 Å². The number of aromatic nitrogens is 5. The summed E-state index contributed by atoms with van der Waals surface area (Å²) in [6, 6.07) is 88.6. The van der Waals surface area contributed by atoms with Crippen LogP contribution in [0.25, 0.3) is 139 Å². The lowest BCUT2D eigenvalue weighted by atomic mass is 9.92. The molecule has 0 amide bonds. The maximum Gasteiger partial charge on any atom is 0.417 e. The number of rotatable bonds is 11. The Bertz CT molecular complexity index is 5490. The first-order valence-corrected chi connectivity index (χ1v) is 30.9. The van der Waals surface area contributed by atoms with Crippen LogP contribution in [0.15, 0.2) is 291 Å². The van der Waals surface area contributed by atoms with E-state index in [0.717, 1.165) is 130 Å². The lowest BCUT2D eigenvalue weighted by molar-refractivity contribution is -0.137. The highest BCUT2D eigenvalue weighted by molar-refractivity contribution is 6.14. The number of nitriles is 2. The van der Waals surface area contributed by atoms with Crippen LogP contribution in [0.5, 0.6) is 0 Å². The number of aliphatic imine (C=N–C) groups is 1. The predicted octanol–water partition coefficient (Wildman–Crippen LogP) is 21.1. The van der Waals surface area contributed by atoms with Crippen molar-refractivity contribution in [3.63, 3.8) is 0 Å². The summed E-state index contributed by atoms with van der Waals surface area (Å²) >= 11 is 0. The van der Waals surface area contributed by atoms with Gasteiger partial charge in [0.15, 0.2) is 0 Å². The quantitative estimate of drug-likeness (QED) is 0.128. The molecule has 1 aliphatic rings. The smallest absolute Gasteiger partial charge is 0.308 e. The summed E-state index contributed by atoms with van der Waals surface area (Å²) in [6.45, 7) is 0. The van der Waals surface area contributed by atoms with E-state index in [9.17, 15) is 10.5 Å². The summed E-state index contributed by atoms with van der Waals surface area (Å²) < 4.78 is 51.2. The molecule has 0 N–H and O–H groups in total. The third-order valence-electron chi connectivity index (χ3n) is 18.0. The van der Waals surface area contributed by atoms with E-state index >= 15 is 13.2 Å². The molecule has 0 aliphatic carbocycles. The van der Waals surface area contributed by atoms with Crippen LogP contribution in [0.1, 0.15) is 40.7 Å². The number of nitrogens with zero attached hydrogens (tertiary/aromatic N) is 8. The zero-order chi connectivity index (χ0) is 63.4. The van der Waals surface area contributed by atoms with E-state index in [1.165, 1.54) is 12.1 Å². The second kappa shape index (κ2) is 23.3. The van der Waals surface area contributed by atoms with Crippen molar-refractivity contribution in [3.8, 4) is 102 Å². The maximum atomic E-state index is 15.7. The maximum absolute atomic E-state index is 15.7. The summed E-state index contributed by atoms with van der Waals surface area (Å²) in [5.41, 5.74) is 17.1. The number of allylic oxidation sites excluding steroid dienone is 1. The fourth-order valence-electron chi connectivity index (χ4n) is 13.4. The Morgan fingerprint density at radius 2 is 0.745 bits per heavy atom. The van der Waals surface area contributed by atoms with E-state index in [-0.39, 0.29) is 22.3 Å². The first-order chi connectivity index (χ1) is 46.1. The van der Waals surface area contributed by atoms with E-state index in [1.807, 2.05) is 216 Å². The van der Waals surface area contributed by atoms with Crippen molar-refractivity contribution in [2.45, 2.75) is 19.0 Å². The van der Waals surface area contributed by atoms with Crippen LogP contribution in [0.2, 0.25) is 0 Å². The van der Waals surface area contributed by atoms with Crippen LogP contribution in [0.4, 0.5) is 13.2 Å². The number of alkyl halides is 3. The molecule has 0 spiro atoms. The van der Waals surface area contributed by atoms with Crippen molar-refractivity contribution in [1.29, 1.82) is 10.5 Å². The van der Waals surface area contributed by atoms with Gasteiger partial charge in [0.1, 0.15) is 11.6 Å². The van der Waals surface area contributed by atoms with Gasteiger partial charge in [0.25, 0.3) is 0 Å². The molecule has 0 unspecified atom stereocenters. The van der Waals surface area contributed by atoms with Gasteiger partial charge in [-0.1, -0.05) is 170 Å². The van der Waals surface area contributed by atoms with Gasteiger partial charge in [-0.25, -0.2) is 0 Å². The molecule has 0 bridgehead atoms. The Kier molecular flexibility index (Phi) is 14.1. The Morgan fingerprint density at radius 3 is 1.11 bits per heavy atom. The highest BCUT2D eigenvalue weighted by atomic mass is 19.4. The summed E-state index contributed by atoms with van der Waals surface area (Å²) in [7, 11) is 0. The summed E-state index contributed by atoms with van der Waals surface area (Å²) in [5.74, 6) is 0. The lowest BCUT2D eigenvalue weighted by Crippen LogP contribution is -2.10. The number of fused-ring (bicyclic) bond motifs is 6. The summed E-state index contributed by atoms with van der Waals surface area (Å²) in [4.78, 5) is 19.7. The molecule has 1 aliphatic heterocycles. The highest BCUT2D eigenvalue weighted by Gasteiger charge is 2.36. The molecule has 16 rings (SSSR count). The van der Waals surface area contributed by atoms with Crippen LogP contribution < -0.4 is 0 Å². The molecule has 444 valence electrons. The molecule has 0 fully saturated rings. The Morgan fingerprint density at radius 1 is 0.351 bits per heavy atom. The molecular weight excluding hydrogens is 1170 g/mol. The van der Waals surface area contributed by atoms with Gasteiger partial charge in [0.2, 0.25) is 0 Å². The number of pyridine rings is 3. The van der Waals surface area contributed by atoms with Gasteiger partial charge in [0.05, 0.1) is 67.7 Å². The van der Waals surface area contributed by atoms with Gasteiger partial charge >= 0.3 is 6.18 Å². The van der Waals surface area contributed by atoms with Crippen molar-refractivity contribution in [2.75, 3.05) is 0 Å². The molecule has 11 heteroatoms. The highest BCUT2D eigenvalue weighted by Crippen LogP contribution is 2.46. The number of hydrogen-bond acceptors (Lipinski definition) is 6. The fourth-order valence-corrected chi connectivity index (χ4v) is 13.4. The molecule has 6 heterocycles. The zero-order valence-electron chi connectivity index (χ0n) is 50.3. The zero-order valence-corrected chi connectivity index (χ0v) is 50.3. The SMILES string of the molecule is N#Cc1cccc(C(F)(F)F)c1-c1cc(-n2c3ccc(C4=CN=C(c5ccccc5)CC4)cc3c3cc(-c4ccc(-c5ccccc5)nc4)ccc32)c(C#N)c(-n2c3ccc(-c4ccc(-c5ccccc5)nc4)cc3c3cc(-c4ccc(-c5ccccc5)nc4)ccc32)c1. The Labute approximate surface area is 539 Å². The van der Waals surface area contributed by atoms with Gasteiger partial charge in [-0.05, 0) is 143 Å². The average Bonchev–Trinajstić information content (AvgIpc) is 1.55. The number of hydrogen-bond donors (Lipinski definition) is 0. The molecule has 0 saturated carbocycles. The number of benzene rings is 10. The van der Waals surface area contributed by atoms with Crippen LogP contribution in [-0.2, 0) is 6.18 Å². The monoisotopic (exact) mass is 1220 g/mol. The largest absolute Gasteiger partial charge is 0.417 e. The average molecular weight is 1220 g/mol. The minimum atomic E-state index is -4.87. The van der Waals surface area contributed by atoms with Gasteiger partial charge in [-0.3, -0.25) is 19.9 Å². The van der Waals surface area contributed by atoms with Crippen molar-refractivity contribution in [1.82, 2.24) is 24.1 Å². The molecular formula is C83H51F3N8.